The summed E-state index contributed by atoms with van der Waals surface area (Å²) in [6, 6.07) is 12.9. The van der Waals surface area contributed by atoms with E-state index in [4.69, 9.17) is 31.0 Å². The minimum Gasteiger partial charge on any atom is -0.461 e. The average Bonchev–Trinajstić information content (AvgIpc) is 3.56. The van der Waals surface area contributed by atoms with Gasteiger partial charge < -0.3 is 24.2 Å². The Labute approximate surface area is 271 Å². The Hall–Kier alpha value is -3.30. The largest absolute Gasteiger partial charge is 0.461 e. The number of carbonyl (C=O) groups is 1. The van der Waals surface area contributed by atoms with Gasteiger partial charge in [-0.05, 0) is 83.5 Å². The molecule has 1 amide bonds. The lowest BCUT2D eigenvalue weighted by molar-refractivity contribution is 0.000168. The number of hydrogen-bond donors (Lipinski definition) is 0. The molecule has 0 atom stereocenters. The van der Waals surface area contributed by atoms with Crippen LogP contribution in [-0.4, -0.2) is 89.9 Å². The molecule has 5 heterocycles. The van der Waals surface area contributed by atoms with Crippen LogP contribution in [0, 0.1) is 5.92 Å². The Morgan fingerprint density at radius 2 is 1.80 bits per heavy atom. The molecule has 9 nitrogen and oxygen atoms in total. The van der Waals surface area contributed by atoms with Gasteiger partial charge in [0.25, 0.3) is 0 Å². The van der Waals surface area contributed by atoms with Crippen LogP contribution in [0.3, 0.4) is 0 Å². The Balaban J connectivity index is 1.14. The number of benzene rings is 2. The molecule has 0 radical (unpaired) electrons. The molecule has 0 saturated carbocycles. The van der Waals surface area contributed by atoms with Crippen LogP contribution in [0.5, 0.6) is 6.01 Å². The van der Waals surface area contributed by atoms with E-state index in [9.17, 15) is 4.79 Å². The van der Waals surface area contributed by atoms with Crippen LogP contribution in [0.25, 0.3) is 10.8 Å². The number of halogens is 1. The number of likely N-dealkylation sites (tertiary alicyclic amines) is 1. The van der Waals surface area contributed by atoms with Gasteiger partial charge in [0.2, 0.25) is 0 Å². The van der Waals surface area contributed by atoms with E-state index in [1.54, 1.807) is 4.90 Å². The van der Waals surface area contributed by atoms with Crippen LogP contribution in [0.4, 0.5) is 16.3 Å². The number of hydrogen-bond acceptors (Lipinski definition) is 8. The topological polar surface area (TPSA) is 74.3 Å². The summed E-state index contributed by atoms with van der Waals surface area (Å²) >= 11 is 6.73. The fourth-order valence-corrected chi connectivity index (χ4v) is 8.09. The fourth-order valence-electron chi connectivity index (χ4n) is 7.81. The van der Waals surface area contributed by atoms with Crippen molar-refractivity contribution < 1.29 is 14.3 Å². The lowest BCUT2D eigenvalue weighted by Gasteiger charge is -2.42. The summed E-state index contributed by atoms with van der Waals surface area (Å²) in [6.45, 7) is 12.3. The van der Waals surface area contributed by atoms with Crippen molar-refractivity contribution in [1.29, 1.82) is 0 Å². The second-order valence-corrected chi connectivity index (χ2v) is 14.8. The number of amides is 1. The zero-order chi connectivity index (χ0) is 31.3. The fraction of sp³-hybridized carbons (Fsp3) is 0.571. The standard InChI is InChI=1S/C35H45ClN6O3/c1-34(2,3)45-33(43)41-20-24(21-41)19-39(4)31-26-13-18-40(29-12-6-10-25-9-5-11-27(36)30(25)29)22-28(26)37-32(38-31)44-23-35-14-7-16-42(35)17-8-15-35/h5-6,9-12,24H,7-8,13-23H2,1-4H3. The number of rotatable bonds is 7. The number of aromatic nitrogens is 2. The molecule has 4 aliphatic rings. The van der Waals surface area contributed by atoms with E-state index in [0.29, 0.717) is 38.2 Å². The monoisotopic (exact) mass is 632 g/mol. The molecule has 0 spiro atoms. The van der Waals surface area contributed by atoms with Crippen molar-refractivity contribution in [2.45, 2.75) is 70.6 Å². The molecule has 2 aromatic carbocycles. The molecule has 1 aromatic heterocycles. The highest BCUT2D eigenvalue weighted by Gasteiger charge is 2.45. The Kier molecular flexibility index (Phi) is 7.97. The number of anilines is 2. The third-order valence-corrected chi connectivity index (χ3v) is 10.3. The van der Waals surface area contributed by atoms with Crippen molar-refractivity contribution in [3.05, 3.63) is 52.7 Å². The van der Waals surface area contributed by atoms with Crippen LogP contribution in [-0.2, 0) is 17.7 Å². The third-order valence-electron chi connectivity index (χ3n) is 9.98. The van der Waals surface area contributed by atoms with Gasteiger partial charge >= 0.3 is 12.1 Å². The lowest BCUT2D eigenvalue weighted by atomic mass is 9.95. The summed E-state index contributed by atoms with van der Waals surface area (Å²) in [6.07, 6.45) is 5.39. The van der Waals surface area contributed by atoms with Gasteiger partial charge in [-0.25, -0.2) is 4.79 Å². The van der Waals surface area contributed by atoms with E-state index < -0.39 is 5.60 Å². The molecule has 3 fully saturated rings. The van der Waals surface area contributed by atoms with E-state index in [-0.39, 0.29) is 11.6 Å². The highest BCUT2D eigenvalue weighted by Crippen LogP contribution is 2.40. The van der Waals surface area contributed by atoms with Crippen LogP contribution in [0.2, 0.25) is 5.02 Å². The van der Waals surface area contributed by atoms with Gasteiger partial charge in [-0.1, -0.05) is 35.9 Å². The molecule has 240 valence electrons. The number of ether oxygens (including phenoxy) is 2. The zero-order valence-electron chi connectivity index (χ0n) is 27.0. The van der Waals surface area contributed by atoms with Crippen molar-refractivity contribution in [3.8, 4) is 6.01 Å². The highest BCUT2D eigenvalue weighted by molar-refractivity contribution is 6.36. The van der Waals surface area contributed by atoms with Crippen LogP contribution in [0.15, 0.2) is 36.4 Å². The molecular formula is C35H45ClN6O3. The normalized spacial score (nSPS) is 19.8. The van der Waals surface area contributed by atoms with Crippen molar-refractivity contribution in [2.24, 2.45) is 5.92 Å². The maximum absolute atomic E-state index is 12.5. The number of nitrogens with zero attached hydrogens (tertiary/aromatic N) is 6. The summed E-state index contributed by atoms with van der Waals surface area (Å²) in [4.78, 5) is 31.7. The van der Waals surface area contributed by atoms with Crippen molar-refractivity contribution >= 4 is 40.0 Å². The molecule has 3 saturated heterocycles. The Morgan fingerprint density at radius 1 is 1.07 bits per heavy atom. The van der Waals surface area contributed by atoms with Crippen LogP contribution < -0.4 is 14.5 Å². The first-order chi connectivity index (χ1) is 21.6. The molecule has 7 rings (SSSR count). The number of carbonyl (C=O) groups excluding carboxylic acids is 1. The number of fused-ring (bicyclic) bond motifs is 3. The Bertz CT molecular complexity index is 1570. The molecule has 0 N–H and O–H groups in total. The molecule has 0 bridgehead atoms. The predicted octanol–water partition coefficient (Wildman–Crippen LogP) is 6.16. The van der Waals surface area contributed by atoms with Gasteiger partial charge in [0.15, 0.2) is 0 Å². The quantitative estimate of drug-likeness (QED) is 0.307. The molecule has 0 unspecified atom stereocenters. The van der Waals surface area contributed by atoms with Gasteiger partial charge in [0.1, 0.15) is 18.0 Å². The first kappa shape index (κ1) is 30.4. The molecular weight excluding hydrogens is 588 g/mol. The minimum atomic E-state index is -0.492. The van der Waals surface area contributed by atoms with E-state index in [1.807, 2.05) is 32.9 Å². The maximum atomic E-state index is 12.5. The van der Waals surface area contributed by atoms with Crippen LogP contribution >= 0.6 is 11.6 Å². The van der Waals surface area contributed by atoms with E-state index in [0.717, 1.165) is 65.6 Å². The zero-order valence-corrected chi connectivity index (χ0v) is 27.8. The van der Waals surface area contributed by atoms with Crippen molar-refractivity contribution in [3.63, 3.8) is 0 Å². The first-order valence-electron chi connectivity index (χ1n) is 16.5. The van der Waals surface area contributed by atoms with Gasteiger partial charge in [-0.3, -0.25) is 4.90 Å². The molecule has 45 heavy (non-hydrogen) atoms. The van der Waals surface area contributed by atoms with Crippen molar-refractivity contribution in [2.75, 3.05) is 62.7 Å². The van der Waals surface area contributed by atoms with E-state index in [2.05, 4.69) is 46.0 Å². The summed E-state index contributed by atoms with van der Waals surface area (Å²) in [5.74, 6) is 1.29. The van der Waals surface area contributed by atoms with Gasteiger partial charge in [-0.15, -0.1) is 0 Å². The summed E-state index contributed by atoms with van der Waals surface area (Å²) < 4.78 is 12.1. The Morgan fingerprint density at radius 3 is 2.53 bits per heavy atom. The summed E-state index contributed by atoms with van der Waals surface area (Å²) in [5.41, 5.74) is 2.94. The first-order valence-corrected chi connectivity index (χ1v) is 16.9. The summed E-state index contributed by atoms with van der Waals surface area (Å²) in [7, 11) is 2.10. The van der Waals surface area contributed by atoms with E-state index in [1.165, 1.54) is 31.2 Å². The smallest absolute Gasteiger partial charge is 0.410 e. The molecule has 10 heteroatoms. The summed E-state index contributed by atoms with van der Waals surface area (Å²) in [5, 5.41) is 2.98. The molecule has 4 aliphatic heterocycles. The van der Waals surface area contributed by atoms with Gasteiger partial charge in [-0.2, -0.15) is 9.97 Å². The second kappa shape index (κ2) is 11.8. The predicted molar refractivity (Wildman–Crippen MR) is 179 cm³/mol. The second-order valence-electron chi connectivity index (χ2n) is 14.4. The molecule has 3 aromatic rings. The average molecular weight is 633 g/mol. The van der Waals surface area contributed by atoms with Gasteiger partial charge in [0.05, 0.1) is 22.8 Å². The van der Waals surface area contributed by atoms with Gasteiger partial charge in [0, 0.05) is 55.8 Å². The maximum Gasteiger partial charge on any atom is 0.410 e. The van der Waals surface area contributed by atoms with E-state index >= 15 is 0 Å². The minimum absolute atomic E-state index is 0.119. The third kappa shape index (κ3) is 6.01. The SMILES string of the molecule is CN(CC1CN(C(=O)OC(C)(C)C)C1)c1nc(OCC23CCCN2CCC3)nc2c1CCN(c1cccc3cccc(Cl)c13)C2. The molecule has 0 aliphatic carbocycles. The van der Waals surface area contributed by atoms with Crippen molar-refractivity contribution in [1.82, 2.24) is 19.8 Å². The highest BCUT2D eigenvalue weighted by atomic mass is 35.5. The lowest BCUT2D eigenvalue weighted by Crippen LogP contribution is -2.54. The van der Waals surface area contributed by atoms with Crippen LogP contribution in [0.1, 0.15) is 57.7 Å².